The minimum Gasteiger partial charge on any atom is -0.493 e. The molecule has 7 nitrogen and oxygen atoms in total. The number of nitrogens with zero attached hydrogens (tertiary/aromatic N) is 1. The molecule has 1 saturated heterocycles. The number of hydrogen-bond donors (Lipinski definition) is 1. The lowest BCUT2D eigenvalue weighted by atomic mass is 9.72. The summed E-state index contributed by atoms with van der Waals surface area (Å²) in [5, 5.41) is 3.83. The van der Waals surface area contributed by atoms with Crippen LogP contribution < -0.4 is 24.3 Å². The Morgan fingerprint density at radius 2 is 1.38 bits per heavy atom. The maximum atomic E-state index is 5.68. The number of rotatable bonds is 7. The highest BCUT2D eigenvalue weighted by Crippen LogP contribution is 2.48. The normalized spacial score (nSPS) is 24.4. The molecule has 3 heterocycles. The monoisotopic (exact) mass is 534 g/mol. The average Bonchev–Trinajstić information content (AvgIpc) is 2.91. The molecule has 37 heavy (non-hydrogen) atoms. The van der Waals surface area contributed by atoms with Crippen LogP contribution in [0.1, 0.15) is 60.5 Å². The lowest BCUT2D eigenvalue weighted by Gasteiger charge is -2.48. The molecule has 0 saturated carbocycles. The number of ether oxygens (including phenoxy) is 4. The number of halogens is 1. The number of hydrogen-bond acceptors (Lipinski definition) is 6. The third-order valence-corrected chi connectivity index (χ3v) is 8.64. The first-order valence-corrected chi connectivity index (χ1v) is 13.1. The van der Waals surface area contributed by atoms with Crippen molar-refractivity contribution in [3.8, 4) is 23.0 Å². The van der Waals surface area contributed by atoms with Crippen LogP contribution in [0.25, 0.3) is 0 Å². The fourth-order valence-electron chi connectivity index (χ4n) is 6.74. The predicted molar refractivity (Wildman–Crippen MR) is 149 cm³/mol. The van der Waals surface area contributed by atoms with Gasteiger partial charge in [0.05, 0.1) is 28.4 Å². The van der Waals surface area contributed by atoms with Crippen molar-refractivity contribution in [3.63, 3.8) is 0 Å². The van der Waals surface area contributed by atoms with Crippen molar-refractivity contribution < 1.29 is 24.4 Å². The molecule has 2 aromatic rings. The summed E-state index contributed by atoms with van der Waals surface area (Å²) in [6, 6.07) is 9.61. The fraction of sp³-hybridized carbons (Fsp3) is 0.586. The Hall–Kier alpha value is -2.19. The maximum absolute atomic E-state index is 5.68. The molecule has 0 bridgehead atoms. The van der Waals surface area contributed by atoms with Crippen LogP contribution in [-0.4, -0.2) is 58.4 Å². The third kappa shape index (κ3) is 5.51. The summed E-state index contributed by atoms with van der Waals surface area (Å²) in [5.74, 6) is 4.69. The Bertz CT molecular complexity index is 1060. The van der Waals surface area contributed by atoms with E-state index in [0.29, 0.717) is 23.9 Å². The summed E-state index contributed by atoms with van der Waals surface area (Å²) in [7, 11) is 6.90. The number of fused-ring (bicyclic) bond motifs is 4. The largest absolute Gasteiger partial charge is 0.493 e. The van der Waals surface area contributed by atoms with Crippen molar-refractivity contribution in [2.45, 2.75) is 51.1 Å². The van der Waals surface area contributed by atoms with Crippen molar-refractivity contribution in [1.29, 1.82) is 0 Å². The molecule has 3 N–H and O–H groups in total. The van der Waals surface area contributed by atoms with Crippen LogP contribution in [-0.2, 0) is 12.8 Å². The molecular weight excluding hydrogens is 492 g/mol. The second-order valence-corrected chi connectivity index (χ2v) is 10.2. The molecule has 1 fully saturated rings. The summed E-state index contributed by atoms with van der Waals surface area (Å²) in [6.07, 6.45) is 5.65. The van der Waals surface area contributed by atoms with Gasteiger partial charge in [-0.25, -0.2) is 0 Å². The molecule has 0 aliphatic carbocycles. The van der Waals surface area contributed by atoms with Crippen LogP contribution in [0, 0.1) is 11.8 Å². The quantitative estimate of drug-likeness (QED) is 0.561. The summed E-state index contributed by atoms with van der Waals surface area (Å²) in [5.41, 5.74) is 5.60. The second kappa shape index (κ2) is 12.6. The zero-order chi connectivity index (χ0) is 24.5. The Morgan fingerprint density at radius 3 is 1.97 bits per heavy atom. The Labute approximate surface area is 227 Å². The van der Waals surface area contributed by atoms with Gasteiger partial charge in [0.2, 0.25) is 0 Å². The van der Waals surface area contributed by atoms with Crippen LogP contribution in [0.4, 0.5) is 0 Å². The minimum atomic E-state index is 0. The molecule has 0 radical (unpaired) electrons. The first-order valence-electron chi connectivity index (χ1n) is 13.1. The summed E-state index contributed by atoms with van der Waals surface area (Å²) in [6.45, 7) is 5.66. The van der Waals surface area contributed by atoms with Crippen LogP contribution in [0.3, 0.4) is 0 Å². The molecule has 4 unspecified atom stereocenters. The van der Waals surface area contributed by atoms with Gasteiger partial charge in [-0.05, 0) is 90.6 Å². The van der Waals surface area contributed by atoms with Crippen LogP contribution in [0.15, 0.2) is 24.3 Å². The lowest BCUT2D eigenvalue weighted by molar-refractivity contribution is 0.0434. The molecule has 0 spiro atoms. The van der Waals surface area contributed by atoms with Gasteiger partial charge in [-0.1, -0.05) is 13.3 Å². The summed E-state index contributed by atoms with van der Waals surface area (Å²) >= 11 is 0. The third-order valence-electron chi connectivity index (χ3n) is 8.64. The van der Waals surface area contributed by atoms with Crippen LogP contribution >= 0.6 is 12.4 Å². The van der Waals surface area contributed by atoms with Gasteiger partial charge in [0.15, 0.2) is 23.0 Å². The molecule has 3 aliphatic heterocycles. The topological polar surface area (TPSA) is 83.7 Å². The number of benzene rings is 2. The van der Waals surface area contributed by atoms with E-state index in [0.717, 1.165) is 55.4 Å². The Balaban J connectivity index is 0.00000190. The highest BCUT2D eigenvalue weighted by Gasteiger charge is 2.40. The smallest absolute Gasteiger partial charge is 0.161 e. The van der Waals surface area contributed by atoms with E-state index in [-0.39, 0.29) is 17.9 Å². The maximum Gasteiger partial charge on any atom is 0.161 e. The van der Waals surface area contributed by atoms with E-state index in [1.54, 1.807) is 28.4 Å². The van der Waals surface area contributed by atoms with Gasteiger partial charge in [0.25, 0.3) is 0 Å². The number of nitrogens with one attached hydrogen (secondary N) is 1. The predicted octanol–water partition coefficient (Wildman–Crippen LogP) is 4.54. The average molecular weight is 535 g/mol. The van der Waals surface area contributed by atoms with Crippen LogP contribution in [0.5, 0.6) is 23.0 Å². The van der Waals surface area contributed by atoms with Crippen molar-refractivity contribution in [2.75, 3.05) is 48.1 Å². The first kappa shape index (κ1) is 29.4. The van der Waals surface area contributed by atoms with E-state index in [2.05, 4.69) is 41.4 Å². The number of methoxy groups -OCH3 is 4. The highest BCUT2D eigenvalue weighted by atomic mass is 35.5. The minimum absolute atomic E-state index is 0. The van der Waals surface area contributed by atoms with Crippen molar-refractivity contribution >= 4 is 12.4 Å². The van der Waals surface area contributed by atoms with E-state index >= 15 is 0 Å². The van der Waals surface area contributed by atoms with E-state index in [1.807, 2.05) is 0 Å². The van der Waals surface area contributed by atoms with Gasteiger partial charge >= 0.3 is 0 Å². The van der Waals surface area contributed by atoms with Gasteiger partial charge < -0.3 is 29.7 Å². The van der Waals surface area contributed by atoms with Gasteiger partial charge in [-0.2, -0.15) is 0 Å². The fourth-order valence-corrected chi connectivity index (χ4v) is 6.74. The first-order chi connectivity index (χ1) is 17.1. The molecule has 2 aromatic carbocycles. The SMILES string of the molecule is CCC1CN2CCc3cc(OC)c(OC)cc3C2CC1CC1NCCc2cc(OC)c(OC)cc21.Cl.O. The molecule has 5 rings (SSSR count). The van der Waals surface area contributed by atoms with Crippen molar-refractivity contribution in [1.82, 2.24) is 10.2 Å². The number of piperidine rings is 1. The van der Waals surface area contributed by atoms with E-state index in [1.165, 1.54) is 41.6 Å². The molecule has 4 atom stereocenters. The van der Waals surface area contributed by atoms with Gasteiger partial charge in [0.1, 0.15) is 0 Å². The Kier molecular flexibility index (Phi) is 9.98. The second-order valence-electron chi connectivity index (χ2n) is 10.2. The highest BCUT2D eigenvalue weighted by molar-refractivity contribution is 5.85. The zero-order valence-corrected chi connectivity index (χ0v) is 23.6. The molecular formula is C29H43ClN2O5. The Morgan fingerprint density at radius 1 is 0.811 bits per heavy atom. The lowest BCUT2D eigenvalue weighted by Crippen LogP contribution is -2.46. The van der Waals surface area contributed by atoms with Crippen molar-refractivity contribution in [3.05, 3.63) is 46.5 Å². The summed E-state index contributed by atoms with van der Waals surface area (Å²) in [4.78, 5) is 2.72. The zero-order valence-electron chi connectivity index (χ0n) is 22.8. The van der Waals surface area contributed by atoms with Crippen molar-refractivity contribution in [2.24, 2.45) is 11.8 Å². The molecule has 206 valence electrons. The van der Waals surface area contributed by atoms with Gasteiger partial charge in [-0.3, -0.25) is 4.90 Å². The molecule has 0 aromatic heterocycles. The van der Waals surface area contributed by atoms with Crippen LogP contribution in [0.2, 0.25) is 0 Å². The van der Waals surface area contributed by atoms with E-state index < -0.39 is 0 Å². The summed E-state index contributed by atoms with van der Waals surface area (Å²) < 4.78 is 22.5. The van der Waals surface area contributed by atoms with E-state index in [9.17, 15) is 0 Å². The van der Waals surface area contributed by atoms with E-state index in [4.69, 9.17) is 18.9 Å². The standard InChI is InChI=1S/C29H40N2O4.ClH.H2O/c1-6-18-17-31-10-8-20-14-27(33-3)29(35-5)16-23(20)25(31)12-21(18)11-24-22-15-28(34-4)26(32-2)13-19(22)7-9-30-24;;/h13-16,18,21,24-25,30H,6-12,17H2,1-5H3;1H;1H2. The molecule has 8 heteroatoms. The van der Waals surface area contributed by atoms with Gasteiger partial charge in [0, 0.05) is 25.2 Å². The molecule has 3 aliphatic rings. The van der Waals surface area contributed by atoms with Gasteiger partial charge in [-0.15, -0.1) is 12.4 Å². The molecule has 0 amide bonds.